The van der Waals surface area contributed by atoms with E-state index in [1.165, 1.54) is 0 Å². The number of hydrogen-bond donors (Lipinski definition) is 1. The summed E-state index contributed by atoms with van der Waals surface area (Å²) in [6.45, 7) is 7.85. The van der Waals surface area contributed by atoms with E-state index >= 15 is 0 Å². The summed E-state index contributed by atoms with van der Waals surface area (Å²) in [5.74, 6) is 1.62. The highest BCUT2D eigenvalue weighted by Gasteiger charge is 2.25. The van der Waals surface area contributed by atoms with Gasteiger partial charge in [0.15, 0.2) is 5.82 Å². The van der Waals surface area contributed by atoms with Crippen molar-refractivity contribution in [3.05, 3.63) is 24.3 Å². The van der Waals surface area contributed by atoms with Crippen LogP contribution in [-0.2, 0) is 4.74 Å². The molecule has 2 aromatic rings. The summed E-state index contributed by atoms with van der Waals surface area (Å²) >= 11 is 0. The van der Waals surface area contributed by atoms with Crippen LogP contribution >= 0.6 is 0 Å². The predicted octanol–water partition coefficient (Wildman–Crippen LogP) is 3.38. The highest BCUT2D eigenvalue weighted by molar-refractivity contribution is 5.77. The molecule has 1 amide bonds. The fourth-order valence-corrected chi connectivity index (χ4v) is 3.28. The average Bonchev–Trinajstić information content (AvgIpc) is 2.64. The lowest BCUT2D eigenvalue weighted by molar-refractivity contribution is 0.0517. The summed E-state index contributed by atoms with van der Waals surface area (Å²) in [4.78, 5) is 23.5. The smallest absolute Gasteiger partial charge is 0.407 e. The Bertz CT molecular complexity index is 803. The number of anilines is 1. The van der Waals surface area contributed by atoms with Crippen molar-refractivity contribution in [1.82, 2.24) is 15.3 Å². The fraction of sp³-hybridized carbons (Fsp3) is 0.550. The number of hydrogen-bond acceptors (Lipinski definition) is 6. The maximum absolute atomic E-state index is 11.9. The molecule has 2 heterocycles. The molecule has 7 nitrogen and oxygen atoms in total. The van der Waals surface area contributed by atoms with Crippen molar-refractivity contribution in [2.75, 3.05) is 31.6 Å². The Labute approximate surface area is 160 Å². The van der Waals surface area contributed by atoms with Gasteiger partial charge in [0.05, 0.1) is 18.1 Å². The van der Waals surface area contributed by atoms with Crippen molar-refractivity contribution in [3.8, 4) is 5.88 Å². The first-order valence-corrected chi connectivity index (χ1v) is 9.38. The van der Waals surface area contributed by atoms with Crippen molar-refractivity contribution in [2.24, 2.45) is 5.92 Å². The summed E-state index contributed by atoms with van der Waals surface area (Å²) in [7, 11) is 1.62. The number of carbonyl (C=O) groups excluding carboxylic acids is 1. The number of benzene rings is 1. The number of alkyl carbamates (subject to hydrolysis) is 1. The second-order valence-electron chi connectivity index (χ2n) is 7.88. The van der Waals surface area contributed by atoms with Crippen LogP contribution < -0.4 is 15.0 Å². The molecule has 1 aliphatic rings. The molecule has 1 aliphatic heterocycles. The normalized spacial score (nSPS) is 17.6. The van der Waals surface area contributed by atoms with E-state index in [0.29, 0.717) is 18.3 Å². The Balaban J connectivity index is 1.69. The Morgan fingerprint density at radius 3 is 2.63 bits per heavy atom. The minimum Gasteiger partial charge on any atom is -0.478 e. The molecule has 1 fully saturated rings. The van der Waals surface area contributed by atoms with Crippen LogP contribution in [-0.4, -0.2) is 48.4 Å². The van der Waals surface area contributed by atoms with Crippen molar-refractivity contribution in [3.63, 3.8) is 0 Å². The highest BCUT2D eigenvalue weighted by atomic mass is 16.6. The molecule has 7 heteroatoms. The van der Waals surface area contributed by atoms with Gasteiger partial charge in [-0.15, -0.1) is 0 Å². The van der Waals surface area contributed by atoms with Crippen LogP contribution in [0.5, 0.6) is 5.88 Å². The molecule has 0 saturated carbocycles. The van der Waals surface area contributed by atoms with Crippen molar-refractivity contribution >= 4 is 22.9 Å². The van der Waals surface area contributed by atoms with Crippen LogP contribution in [0.2, 0.25) is 0 Å². The molecule has 1 atom stereocenters. The van der Waals surface area contributed by atoms with Gasteiger partial charge in [-0.1, -0.05) is 12.1 Å². The lowest BCUT2D eigenvalue weighted by atomic mass is 9.98. The average molecular weight is 372 g/mol. The second kappa shape index (κ2) is 7.98. The SMILES string of the molecule is COc1nc2ccccc2nc1N1CCC[C@H](CNC(=O)OC(C)(C)C)C1. The molecular weight excluding hydrogens is 344 g/mol. The maximum atomic E-state index is 11.9. The molecule has 1 N–H and O–H groups in total. The summed E-state index contributed by atoms with van der Waals surface area (Å²) in [5.41, 5.74) is 1.18. The predicted molar refractivity (Wildman–Crippen MR) is 105 cm³/mol. The third-order valence-electron chi connectivity index (χ3n) is 4.47. The first-order chi connectivity index (χ1) is 12.9. The van der Waals surface area contributed by atoms with Gasteiger partial charge in [0.2, 0.25) is 0 Å². The molecule has 27 heavy (non-hydrogen) atoms. The summed E-state index contributed by atoms with van der Waals surface area (Å²) < 4.78 is 10.8. The number of fused-ring (bicyclic) bond motifs is 1. The van der Waals surface area contributed by atoms with Crippen LogP contribution in [0.1, 0.15) is 33.6 Å². The molecule has 1 aromatic carbocycles. The van der Waals surface area contributed by atoms with E-state index in [1.54, 1.807) is 7.11 Å². The number of piperidine rings is 1. The van der Waals surface area contributed by atoms with Crippen molar-refractivity contribution in [2.45, 2.75) is 39.2 Å². The lowest BCUT2D eigenvalue weighted by Gasteiger charge is -2.34. The van der Waals surface area contributed by atoms with Gasteiger partial charge >= 0.3 is 6.09 Å². The lowest BCUT2D eigenvalue weighted by Crippen LogP contribution is -2.42. The Kier molecular flexibility index (Phi) is 5.68. The summed E-state index contributed by atoms with van der Waals surface area (Å²) in [5, 5.41) is 2.88. The first kappa shape index (κ1) is 19.2. The Hall–Kier alpha value is -2.57. The van der Waals surface area contributed by atoms with Crippen molar-refractivity contribution < 1.29 is 14.3 Å². The van der Waals surface area contributed by atoms with Crippen LogP contribution in [0.15, 0.2) is 24.3 Å². The van der Waals surface area contributed by atoms with Gasteiger partial charge in [-0.3, -0.25) is 0 Å². The number of ether oxygens (including phenoxy) is 2. The van der Waals surface area contributed by atoms with Crippen LogP contribution in [0.4, 0.5) is 10.6 Å². The molecule has 0 aliphatic carbocycles. The molecule has 1 aromatic heterocycles. The summed E-state index contributed by atoms with van der Waals surface area (Å²) in [6, 6.07) is 7.78. The van der Waals surface area contributed by atoms with E-state index in [4.69, 9.17) is 14.5 Å². The van der Waals surface area contributed by atoms with Crippen molar-refractivity contribution in [1.29, 1.82) is 0 Å². The monoisotopic (exact) mass is 372 g/mol. The molecule has 0 unspecified atom stereocenters. The van der Waals surface area contributed by atoms with Gasteiger partial charge in [-0.25, -0.2) is 14.8 Å². The van der Waals surface area contributed by atoms with E-state index in [2.05, 4.69) is 15.2 Å². The highest BCUT2D eigenvalue weighted by Crippen LogP contribution is 2.30. The zero-order chi connectivity index (χ0) is 19.4. The van der Waals surface area contributed by atoms with Gasteiger partial charge in [-0.05, 0) is 51.7 Å². The molecule has 0 bridgehead atoms. The van der Waals surface area contributed by atoms with Crippen LogP contribution in [0.3, 0.4) is 0 Å². The third kappa shape index (κ3) is 4.99. The number of para-hydroxylation sites is 2. The number of nitrogens with zero attached hydrogens (tertiary/aromatic N) is 3. The maximum Gasteiger partial charge on any atom is 0.407 e. The molecule has 1 saturated heterocycles. The second-order valence-corrected chi connectivity index (χ2v) is 7.88. The number of aromatic nitrogens is 2. The number of methoxy groups -OCH3 is 1. The largest absolute Gasteiger partial charge is 0.478 e. The van der Waals surface area contributed by atoms with E-state index < -0.39 is 5.60 Å². The first-order valence-electron chi connectivity index (χ1n) is 9.38. The zero-order valence-electron chi connectivity index (χ0n) is 16.5. The van der Waals surface area contributed by atoms with Gasteiger partial charge in [0.25, 0.3) is 5.88 Å². The standard InChI is InChI=1S/C20H28N4O3/c1-20(2,3)27-19(25)21-12-14-8-7-11-24(13-14)17-18(26-4)23-16-10-6-5-9-15(16)22-17/h5-6,9-10,14H,7-8,11-13H2,1-4H3,(H,21,25)/t14-/m1/s1. The molecule has 146 valence electrons. The fourth-order valence-electron chi connectivity index (χ4n) is 3.28. The minimum absolute atomic E-state index is 0.323. The molecule has 0 radical (unpaired) electrons. The van der Waals surface area contributed by atoms with Gasteiger partial charge < -0.3 is 19.7 Å². The number of carbonyl (C=O) groups is 1. The van der Waals surface area contributed by atoms with Gasteiger partial charge in [-0.2, -0.15) is 0 Å². The topological polar surface area (TPSA) is 76.6 Å². The van der Waals surface area contributed by atoms with E-state index in [-0.39, 0.29) is 6.09 Å². The summed E-state index contributed by atoms with van der Waals surface area (Å²) in [6.07, 6.45) is 1.70. The minimum atomic E-state index is -0.489. The van der Waals surface area contributed by atoms with Gasteiger partial charge in [0.1, 0.15) is 5.60 Å². The quantitative estimate of drug-likeness (QED) is 0.887. The van der Waals surface area contributed by atoms with E-state index in [9.17, 15) is 4.79 Å². The molecule has 3 rings (SSSR count). The Morgan fingerprint density at radius 1 is 1.26 bits per heavy atom. The van der Waals surface area contributed by atoms with Crippen LogP contribution in [0.25, 0.3) is 11.0 Å². The van der Waals surface area contributed by atoms with E-state index in [0.717, 1.165) is 42.8 Å². The third-order valence-corrected chi connectivity index (χ3v) is 4.47. The molecule has 0 spiro atoms. The van der Waals surface area contributed by atoms with Gasteiger partial charge in [0, 0.05) is 19.6 Å². The Morgan fingerprint density at radius 2 is 1.96 bits per heavy atom. The number of rotatable bonds is 4. The number of nitrogens with one attached hydrogen (secondary N) is 1. The zero-order valence-corrected chi connectivity index (χ0v) is 16.5. The van der Waals surface area contributed by atoms with Crippen LogP contribution in [0, 0.1) is 5.92 Å². The van der Waals surface area contributed by atoms with E-state index in [1.807, 2.05) is 45.0 Å². The number of amides is 1. The molecular formula is C20H28N4O3.